The van der Waals surface area contributed by atoms with E-state index in [1.807, 2.05) is 6.92 Å². The quantitative estimate of drug-likeness (QED) is 0.917. The number of nitrogens with zero attached hydrogens (tertiary/aromatic N) is 3. The third-order valence-corrected chi connectivity index (χ3v) is 5.93. The molecule has 1 saturated heterocycles. The maximum atomic E-state index is 13.1. The van der Waals surface area contributed by atoms with Crippen LogP contribution in [0, 0.1) is 5.82 Å². The molecule has 1 aliphatic rings. The van der Waals surface area contributed by atoms with Gasteiger partial charge in [-0.1, -0.05) is 12.1 Å². The van der Waals surface area contributed by atoms with E-state index in [-0.39, 0.29) is 23.8 Å². The molecule has 124 valence electrons. The van der Waals surface area contributed by atoms with Gasteiger partial charge < -0.3 is 5.11 Å². The zero-order valence-electron chi connectivity index (χ0n) is 12.6. The van der Waals surface area contributed by atoms with Crippen molar-refractivity contribution in [1.82, 2.24) is 14.1 Å². The first-order valence-electron chi connectivity index (χ1n) is 7.40. The molecule has 2 atom stereocenters. The molecular formula is C15H18FN3O3S. The summed E-state index contributed by atoms with van der Waals surface area (Å²) in [5, 5.41) is 14.1. The van der Waals surface area contributed by atoms with Crippen LogP contribution in [-0.4, -0.2) is 40.3 Å². The Morgan fingerprint density at radius 1 is 1.30 bits per heavy atom. The zero-order valence-corrected chi connectivity index (χ0v) is 13.4. The molecule has 0 amide bonds. The number of halogens is 1. The average Bonchev–Trinajstić information content (AvgIpc) is 3.14. The third-order valence-electron chi connectivity index (χ3n) is 4.04. The van der Waals surface area contributed by atoms with Crippen molar-refractivity contribution < 1.29 is 17.9 Å². The highest BCUT2D eigenvalue weighted by atomic mass is 32.2. The van der Waals surface area contributed by atoms with Gasteiger partial charge in [0.2, 0.25) is 0 Å². The van der Waals surface area contributed by atoms with Gasteiger partial charge in [0.15, 0.2) is 5.03 Å². The zero-order chi connectivity index (χ0) is 16.6. The number of sulfonamides is 1. The number of β-amino-alcohol motifs (C(OH)–C–C–N with tert-alkyl or cyclic N) is 1. The lowest BCUT2D eigenvalue weighted by molar-refractivity contribution is 0.188. The summed E-state index contributed by atoms with van der Waals surface area (Å²) in [6, 6.07) is 6.62. The first-order valence-corrected chi connectivity index (χ1v) is 8.84. The van der Waals surface area contributed by atoms with E-state index in [1.165, 1.54) is 33.4 Å². The molecule has 6 nitrogen and oxygen atoms in total. The van der Waals surface area contributed by atoms with Crippen molar-refractivity contribution in [2.45, 2.75) is 37.1 Å². The van der Waals surface area contributed by atoms with Crippen LogP contribution in [0.25, 0.3) is 0 Å². The Morgan fingerprint density at radius 2 is 2.00 bits per heavy atom. The summed E-state index contributed by atoms with van der Waals surface area (Å²) in [5.74, 6) is -0.384. The number of aliphatic hydroxyl groups is 1. The average molecular weight is 339 g/mol. The standard InChI is InChI=1S/C15H18FN3O3S/c1-2-18-15(7-8-17-18)23(21,22)19-10-13(20)9-14(19)11-3-5-12(16)6-4-11/h3-8,13-14,20H,2,9-10H2,1H3/t13-,14-/m0/s1. The maximum absolute atomic E-state index is 13.1. The van der Waals surface area contributed by atoms with Crippen molar-refractivity contribution in [2.24, 2.45) is 0 Å². The largest absolute Gasteiger partial charge is 0.392 e. The topological polar surface area (TPSA) is 75.4 Å². The van der Waals surface area contributed by atoms with Crippen LogP contribution in [0.4, 0.5) is 4.39 Å². The maximum Gasteiger partial charge on any atom is 0.260 e. The van der Waals surface area contributed by atoms with E-state index in [0.29, 0.717) is 12.1 Å². The van der Waals surface area contributed by atoms with E-state index < -0.39 is 22.2 Å². The predicted octanol–water partition coefficient (Wildman–Crippen LogP) is 1.54. The number of benzene rings is 1. The summed E-state index contributed by atoms with van der Waals surface area (Å²) >= 11 is 0. The van der Waals surface area contributed by atoms with Crippen LogP contribution in [-0.2, 0) is 16.6 Å². The van der Waals surface area contributed by atoms with E-state index in [9.17, 15) is 17.9 Å². The molecule has 23 heavy (non-hydrogen) atoms. The van der Waals surface area contributed by atoms with Crippen LogP contribution < -0.4 is 0 Å². The van der Waals surface area contributed by atoms with E-state index in [1.54, 1.807) is 12.1 Å². The van der Waals surface area contributed by atoms with Crippen molar-refractivity contribution in [3.63, 3.8) is 0 Å². The molecule has 0 unspecified atom stereocenters. The van der Waals surface area contributed by atoms with Gasteiger partial charge >= 0.3 is 0 Å². The molecule has 0 aliphatic carbocycles. The number of aromatic nitrogens is 2. The fraction of sp³-hybridized carbons (Fsp3) is 0.400. The lowest BCUT2D eigenvalue weighted by Gasteiger charge is -2.24. The molecule has 1 aromatic carbocycles. The highest BCUT2D eigenvalue weighted by Crippen LogP contribution is 2.36. The molecule has 1 aromatic heterocycles. The molecule has 1 aliphatic heterocycles. The number of aryl methyl sites for hydroxylation is 1. The fourth-order valence-electron chi connectivity index (χ4n) is 2.93. The van der Waals surface area contributed by atoms with Crippen molar-refractivity contribution in [3.8, 4) is 0 Å². The summed E-state index contributed by atoms with van der Waals surface area (Å²) in [7, 11) is -3.80. The highest BCUT2D eigenvalue weighted by Gasteiger charge is 2.41. The van der Waals surface area contributed by atoms with Crippen molar-refractivity contribution >= 4 is 10.0 Å². The summed E-state index contributed by atoms with van der Waals surface area (Å²) in [6.07, 6.45) is 0.971. The van der Waals surface area contributed by atoms with Crippen LogP contribution in [0.5, 0.6) is 0 Å². The van der Waals surface area contributed by atoms with Gasteiger partial charge in [0.25, 0.3) is 10.0 Å². The third kappa shape index (κ3) is 2.89. The first kappa shape index (κ1) is 16.1. The van der Waals surface area contributed by atoms with Gasteiger partial charge in [-0.05, 0) is 37.1 Å². The van der Waals surface area contributed by atoms with Crippen LogP contribution in [0.3, 0.4) is 0 Å². The minimum absolute atomic E-state index is 0.0132. The Labute approximate surface area is 134 Å². The monoisotopic (exact) mass is 339 g/mol. The number of aliphatic hydroxyl groups excluding tert-OH is 1. The van der Waals surface area contributed by atoms with E-state index in [4.69, 9.17) is 0 Å². The second-order valence-corrected chi connectivity index (χ2v) is 7.35. The molecule has 1 fully saturated rings. The van der Waals surface area contributed by atoms with Gasteiger partial charge in [-0.2, -0.15) is 9.40 Å². The highest BCUT2D eigenvalue weighted by molar-refractivity contribution is 7.89. The van der Waals surface area contributed by atoms with Gasteiger partial charge in [-0.15, -0.1) is 0 Å². The van der Waals surface area contributed by atoms with E-state index >= 15 is 0 Å². The SMILES string of the molecule is CCn1nccc1S(=O)(=O)N1C[C@@H](O)C[C@H]1c1ccc(F)cc1. The minimum Gasteiger partial charge on any atom is -0.392 e. The predicted molar refractivity (Wildman–Crippen MR) is 81.6 cm³/mol. The second-order valence-electron chi connectivity index (χ2n) is 5.52. The molecule has 0 saturated carbocycles. The summed E-state index contributed by atoms with van der Waals surface area (Å²) in [4.78, 5) is 0. The Hall–Kier alpha value is -1.77. The molecule has 2 aromatic rings. The lowest BCUT2D eigenvalue weighted by atomic mass is 10.0. The van der Waals surface area contributed by atoms with Crippen molar-refractivity contribution in [3.05, 3.63) is 47.9 Å². The van der Waals surface area contributed by atoms with Gasteiger partial charge in [0, 0.05) is 13.1 Å². The normalized spacial score (nSPS) is 22.6. The number of hydrogen-bond donors (Lipinski definition) is 1. The molecule has 3 rings (SSSR count). The van der Waals surface area contributed by atoms with Crippen LogP contribution in [0.2, 0.25) is 0 Å². The molecule has 0 spiro atoms. The van der Waals surface area contributed by atoms with Gasteiger partial charge in [-0.3, -0.25) is 4.68 Å². The van der Waals surface area contributed by atoms with Crippen LogP contribution >= 0.6 is 0 Å². The molecule has 0 bridgehead atoms. The van der Waals surface area contributed by atoms with Crippen LogP contribution in [0.1, 0.15) is 24.9 Å². The number of rotatable bonds is 4. The smallest absolute Gasteiger partial charge is 0.260 e. The molecule has 8 heteroatoms. The molecule has 2 heterocycles. The van der Waals surface area contributed by atoms with E-state index in [2.05, 4.69) is 5.10 Å². The van der Waals surface area contributed by atoms with Crippen LogP contribution in [0.15, 0.2) is 41.6 Å². The molecule has 0 radical (unpaired) electrons. The molecular weight excluding hydrogens is 321 g/mol. The molecule has 1 N–H and O–H groups in total. The van der Waals surface area contributed by atoms with Gasteiger partial charge in [0.05, 0.1) is 18.3 Å². The second kappa shape index (κ2) is 6.03. The number of hydrogen-bond acceptors (Lipinski definition) is 4. The Bertz CT molecular complexity index is 789. The summed E-state index contributed by atoms with van der Waals surface area (Å²) in [5.41, 5.74) is 0.661. The van der Waals surface area contributed by atoms with E-state index in [0.717, 1.165) is 0 Å². The fourth-order valence-corrected chi connectivity index (χ4v) is 4.76. The van der Waals surface area contributed by atoms with Crippen molar-refractivity contribution in [1.29, 1.82) is 0 Å². The van der Waals surface area contributed by atoms with Gasteiger partial charge in [0.1, 0.15) is 5.82 Å². The Morgan fingerprint density at radius 3 is 2.65 bits per heavy atom. The Kier molecular flexibility index (Phi) is 4.22. The Balaban J connectivity index is 2.00. The van der Waals surface area contributed by atoms with Crippen molar-refractivity contribution in [2.75, 3.05) is 6.54 Å². The summed E-state index contributed by atoms with van der Waals surface area (Å²) in [6.45, 7) is 2.25. The lowest BCUT2D eigenvalue weighted by Crippen LogP contribution is -2.33. The minimum atomic E-state index is -3.80. The summed E-state index contributed by atoms with van der Waals surface area (Å²) < 4.78 is 41.7. The van der Waals surface area contributed by atoms with Gasteiger partial charge in [-0.25, -0.2) is 12.8 Å². The first-order chi connectivity index (χ1) is 10.9.